The summed E-state index contributed by atoms with van der Waals surface area (Å²) in [6.07, 6.45) is 0.520. The predicted octanol–water partition coefficient (Wildman–Crippen LogP) is 3.72. The highest BCUT2D eigenvalue weighted by Crippen LogP contribution is 2.45. The highest BCUT2D eigenvalue weighted by molar-refractivity contribution is 7.52. The topological polar surface area (TPSA) is 126 Å². The number of rotatable bonds is 12. The average molecular weight is 438 g/mol. The van der Waals surface area contributed by atoms with Gasteiger partial charge in [-0.25, -0.2) is 4.57 Å². The summed E-state index contributed by atoms with van der Waals surface area (Å²) in [5, 5.41) is 13.3. The van der Waals surface area contributed by atoms with Crippen LogP contribution in [0.4, 0.5) is 5.69 Å². The van der Waals surface area contributed by atoms with Gasteiger partial charge in [0.15, 0.2) is 0 Å². The third kappa shape index (κ3) is 7.47. The normalized spacial score (nSPS) is 13.7. The fourth-order valence-electron chi connectivity index (χ4n) is 2.25. The molecule has 1 N–H and O–H groups in total. The molecule has 2 unspecified atom stereocenters. The van der Waals surface area contributed by atoms with Gasteiger partial charge >= 0.3 is 13.7 Å². The molecule has 0 saturated heterocycles. The van der Waals surface area contributed by atoms with Crippen LogP contribution < -0.4 is 14.1 Å². The number of hydrogen-bond donors (Lipinski definition) is 1. The maximum Gasteiger partial charge on any atom is 0.513 e. The summed E-state index contributed by atoms with van der Waals surface area (Å²) in [6.45, 7) is 2.04. The molecule has 0 radical (unpaired) electrons. The van der Waals surface area contributed by atoms with E-state index < -0.39 is 24.7 Å². The van der Waals surface area contributed by atoms with E-state index in [0.29, 0.717) is 13.0 Å². The largest absolute Gasteiger partial charge is 0.513 e. The molecule has 162 valence electrons. The van der Waals surface area contributed by atoms with Crippen LogP contribution in [0.5, 0.6) is 11.5 Å². The van der Waals surface area contributed by atoms with Crippen LogP contribution in [-0.2, 0) is 18.8 Å². The van der Waals surface area contributed by atoms with E-state index >= 15 is 0 Å². The first kappa shape index (κ1) is 23.3. The molecule has 0 spiro atoms. The lowest BCUT2D eigenvalue weighted by molar-refractivity contribution is -0.384. The Hall–Kier alpha value is -2.94. The van der Waals surface area contributed by atoms with E-state index in [2.05, 4.69) is 5.09 Å². The number of carbonyl (C=O) groups is 1. The average Bonchev–Trinajstić information content (AvgIpc) is 2.71. The first-order valence-electron chi connectivity index (χ1n) is 9.05. The van der Waals surface area contributed by atoms with Crippen molar-refractivity contribution >= 4 is 19.4 Å². The summed E-state index contributed by atoms with van der Waals surface area (Å²) in [5.41, 5.74) is -0.151. The Labute approximate surface area is 173 Å². The van der Waals surface area contributed by atoms with Crippen molar-refractivity contribution in [2.45, 2.75) is 19.4 Å². The lowest BCUT2D eigenvalue weighted by Gasteiger charge is -2.23. The van der Waals surface area contributed by atoms with E-state index in [4.69, 9.17) is 18.5 Å². The summed E-state index contributed by atoms with van der Waals surface area (Å²) in [6, 6.07) is 12.2. The van der Waals surface area contributed by atoms with Crippen LogP contribution in [0.3, 0.4) is 0 Å². The molecule has 10 nitrogen and oxygen atoms in total. The molecule has 2 atom stereocenters. The molecule has 11 heteroatoms. The summed E-state index contributed by atoms with van der Waals surface area (Å²) in [4.78, 5) is 22.4. The molecule has 0 amide bonds. The first-order valence-corrected chi connectivity index (χ1v) is 10.6. The van der Waals surface area contributed by atoms with Crippen molar-refractivity contribution in [2.75, 3.05) is 20.3 Å². The number of hydrogen-bond acceptors (Lipinski definition) is 8. The number of non-ortho nitro benzene ring substituents is 1. The number of para-hydroxylation sites is 1. The summed E-state index contributed by atoms with van der Waals surface area (Å²) >= 11 is 0. The number of nitrogens with zero attached hydrogens (tertiary/aromatic N) is 1. The van der Waals surface area contributed by atoms with Gasteiger partial charge in [0.05, 0.1) is 11.5 Å². The second-order valence-corrected chi connectivity index (χ2v) is 7.73. The van der Waals surface area contributed by atoms with E-state index in [-0.39, 0.29) is 23.8 Å². The molecule has 0 bridgehead atoms. The smallest absolute Gasteiger partial charge is 0.464 e. The van der Waals surface area contributed by atoms with Crippen molar-refractivity contribution < 1.29 is 32.8 Å². The number of nitro groups is 1. The van der Waals surface area contributed by atoms with Gasteiger partial charge < -0.3 is 18.5 Å². The van der Waals surface area contributed by atoms with Crippen LogP contribution >= 0.6 is 7.75 Å². The van der Waals surface area contributed by atoms with Crippen LogP contribution in [-0.4, -0.2) is 37.3 Å². The van der Waals surface area contributed by atoms with Crippen molar-refractivity contribution in [2.24, 2.45) is 0 Å². The minimum absolute atomic E-state index is 0.0630. The second kappa shape index (κ2) is 11.3. The Morgan fingerprint density at radius 1 is 1.07 bits per heavy atom. The van der Waals surface area contributed by atoms with E-state index in [1.807, 2.05) is 0 Å². The zero-order chi connectivity index (χ0) is 22.0. The molecular formula is C19H23N2O8P. The third-order valence-corrected chi connectivity index (χ3v) is 5.29. The molecule has 2 aromatic rings. The molecule has 2 aromatic carbocycles. The zero-order valence-electron chi connectivity index (χ0n) is 16.6. The van der Waals surface area contributed by atoms with Crippen LogP contribution in [0.1, 0.15) is 13.3 Å². The Kier molecular flexibility index (Phi) is 8.79. The van der Waals surface area contributed by atoms with Crippen molar-refractivity contribution in [3.05, 3.63) is 64.7 Å². The number of nitro benzene ring substituents is 1. The third-order valence-electron chi connectivity index (χ3n) is 3.68. The number of carbonyl (C=O) groups excluding carboxylic acids is 1. The van der Waals surface area contributed by atoms with Crippen molar-refractivity contribution in [1.82, 2.24) is 5.09 Å². The zero-order valence-corrected chi connectivity index (χ0v) is 17.4. The number of methoxy groups -OCH3 is 1. The Morgan fingerprint density at radius 3 is 2.23 bits per heavy atom. The highest BCUT2D eigenvalue weighted by Gasteiger charge is 2.34. The van der Waals surface area contributed by atoms with Gasteiger partial charge in [-0.15, -0.1) is 0 Å². The van der Waals surface area contributed by atoms with Gasteiger partial charge in [-0.3, -0.25) is 14.9 Å². The SMILES string of the molecule is COCCCOC(=O)C(C)NP(=O)(Oc1ccccc1)Oc1ccc([N+](=O)[O-])cc1. The molecule has 0 heterocycles. The maximum absolute atomic E-state index is 13.3. The minimum Gasteiger partial charge on any atom is -0.464 e. The van der Waals surface area contributed by atoms with Crippen LogP contribution in [0.2, 0.25) is 0 Å². The van der Waals surface area contributed by atoms with E-state index in [9.17, 15) is 19.5 Å². The summed E-state index contributed by atoms with van der Waals surface area (Å²) in [5.74, 6) is -0.334. The minimum atomic E-state index is -4.10. The monoisotopic (exact) mass is 438 g/mol. The van der Waals surface area contributed by atoms with Gasteiger partial charge in [0.25, 0.3) is 5.69 Å². The van der Waals surface area contributed by atoms with Crippen LogP contribution in [0, 0.1) is 10.1 Å². The quantitative estimate of drug-likeness (QED) is 0.173. The second-order valence-electron chi connectivity index (χ2n) is 6.11. The molecule has 0 fully saturated rings. The van der Waals surface area contributed by atoms with Gasteiger partial charge in [-0.1, -0.05) is 18.2 Å². The molecule has 0 aliphatic carbocycles. The molecule has 30 heavy (non-hydrogen) atoms. The van der Waals surface area contributed by atoms with E-state index in [0.717, 1.165) is 0 Å². The lowest BCUT2D eigenvalue weighted by atomic mass is 10.3. The molecule has 0 saturated carbocycles. The Balaban J connectivity index is 2.13. The molecule has 0 aromatic heterocycles. The molecular weight excluding hydrogens is 415 g/mol. The lowest BCUT2D eigenvalue weighted by Crippen LogP contribution is -2.36. The summed E-state index contributed by atoms with van der Waals surface area (Å²) < 4.78 is 34.3. The highest BCUT2D eigenvalue weighted by atomic mass is 31.2. The van der Waals surface area contributed by atoms with E-state index in [1.54, 1.807) is 37.4 Å². The van der Waals surface area contributed by atoms with E-state index in [1.165, 1.54) is 31.2 Å². The Morgan fingerprint density at radius 2 is 1.67 bits per heavy atom. The van der Waals surface area contributed by atoms with Gasteiger partial charge in [-0.05, 0) is 31.2 Å². The van der Waals surface area contributed by atoms with Crippen molar-refractivity contribution in [3.63, 3.8) is 0 Å². The molecule has 0 aliphatic rings. The van der Waals surface area contributed by atoms with Crippen molar-refractivity contribution in [3.8, 4) is 11.5 Å². The Bertz CT molecular complexity index is 876. The van der Waals surface area contributed by atoms with Gasteiger partial charge in [0.2, 0.25) is 0 Å². The number of esters is 1. The van der Waals surface area contributed by atoms with Gasteiger partial charge in [0.1, 0.15) is 17.5 Å². The fourth-order valence-corrected chi connectivity index (χ4v) is 3.77. The maximum atomic E-state index is 13.3. The van der Waals surface area contributed by atoms with Gasteiger partial charge in [0, 0.05) is 32.3 Å². The first-order chi connectivity index (χ1) is 14.3. The number of nitrogens with one attached hydrogen (secondary N) is 1. The van der Waals surface area contributed by atoms with Crippen LogP contribution in [0.15, 0.2) is 54.6 Å². The number of ether oxygens (including phenoxy) is 2. The van der Waals surface area contributed by atoms with Crippen LogP contribution in [0.25, 0.3) is 0 Å². The predicted molar refractivity (Wildman–Crippen MR) is 108 cm³/mol. The van der Waals surface area contributed by atoms with Crippen molar-refractivity contribution in [1.29, 1.82) is 0 Å². The summed E-state index contributed by atoms with van der Waals surface area (Å²) in [7, 11) is -2.56. The standard InChI is InChI=1S/C19H23N2O8P/c1-15(19(22)27-14-6-13-26-2)20-30(25,28-17-7-4-3-5-8-17)29-18-11-9-16(10-12-18)21(23)24/h3-5,7-12,15H,6,13-14H2,1-2H3,(H,20,25). The van der Waals surface area contributed by atoms with Gasteiger partial charge in [-0.2, -0.15) is 5.09 Å². The molecule has 0 aliphatic heterocycles. The fraction of sp³-hybridized carbons (Fsp3) is 0.316. The number of benzene rings is 2. The molecule has 2 rings (SSSR count).